The third-order valence-electron chi connectivity index (χ3n) is 2.85. The summed E-state index contributed by atoms with van der Waals surface area (Å²) < 4.78 is 0. The van der Waals surface area contributed by atoms with Crippen molar-refractivity contribution in [1.82, 2.24) is 9.97 Å². The predicted octanol–water partition coefficient (Wildman–Crippen LogP) is 2.97. The van der Waals surface area contributed by atoms with Crippen molar-refractivity contribution in [2.24, 2.45) is 0 Å². The molecule has 1 unspecified atom stereocenters. The Morgan fingerprint density at radius 1 is 1.17 bits per heavy atom. The molecule has 2 aromatic heterocycles. The largest absolute Gasteiger partial charge is 0.386 e. The van der Waals surface area contributed by atoms with Gasteiger partial charge < -0.3 is 5.11 Å². The fraction of sp³-hybridized carbons (Fsp3) is 0.143. The molecule has 0 bridgehead atoms. The summed E-state index contributed by atoms with van der Waals surface area (Å²) >= 11 is 1.49. The molecule has 0 amide bonds. The Hall–Kier alpha value is -1.78. The lowest BCUT2D eigenvalue weighted by Gasteiger charge is -2.08. The Balaban J connectivity index is 1.86. The maximum Gasteiger partial charge on any atom is 0.102 e. The number of benzene rings is 1. The number of aliphatic hydroxyl groups excluding tert-OH is 1. The van der Waals surface area contributed by atoms with Gasteiger partial charge in [0.25, 0.3) is 0 Å². The van der Waals surface area contributed by atoms with Crippen LogP contribution in [-0.4, -0.2) is 15.1 Å². The van der Waals surface area contributed by atoms with Gasteiger partial charge >= 0.3 is 0 Å². The molecule has 0 aliphatic heterocycles. The van der Waals surface area contributed by atoms with Crippen LogP contribution in [0.2, 0.25) is 0 Å². The van der Waals surface area contributed by atoms with Gasteiger partial charge in [-0.05, 0) is 12.1 Å². The van der Waals surface area contributed by atoms with Crippen molar-refractivity contribution in [2.45, 2.75) is 12.5 Å². The average Bonchev–Trinajstić information content (AvgIpc) is 2.92. The number of rotatable bonds is 3. The molecule has 3 nitrogen and oxygen atoms in total. The first-order chi connectivity index (χ1) is 8.83. The smallest absolute Gasteiger partial charge is 0.102 e. The van der Waals surface area contributed by atoms with Gasteiger partial charge in [-0.25, -0.2) is 4.98 Å². The van der Waals surface area contributed by atoms with Gasteiger partial charge in [0.2, 0.25) is 0 Å². The summed E-state index contributed by atoms with van der Waals surface area (Å²) in [4.78, 5) is 8.66. The number of aliphatic hydroxyl groups is 1. The molecular weight excluding hydrogens is 244 g/mol. The maximum absolute atomic E-state index is 10.0. The molecule has 3 rings (SSSR count). The van der Waals surface area contributed by atoms with Crippen LogP contribution in [0.1, 0.15) is 17.5 Å². The fourth-order valence-electron chi connectivity index (χ4n) is 1.91. The first-order valence-corrected chi connectivity index (χ1v) is 6.68. The number of pyridine rings is 1. The predicted molar refractivity (Wildman–Crippen MR) is 72.5 cm³/mol. The highest BCUT2D eigenvalue weighted by molar-refractivity contribution is 7.07. The summed E-state index contributed by atoms with van der Waals surface area (Å²) in [5.74, 6) is 0. The van der Waals surface area contributed by atoms with Crippen molar-refractivity contribution >= 4 is 22.2 Å². The van der Waals surface area contributed by atoms with Crippen LogP contribution in [0, 0.1) is 0 Å². The lowest BCUT2D eigenvalue weighted by molar-refractivity contribution is 0.173. The normalized spacial score (nSPS) is 12.7. The van der Waals surface area contributed by atoms with E-state index in [1.807, 2.05) is 41.8 Å². The van der Waals surface area contributed by atoms with Gasteiger partial charge in [-0.2, -0.15) is 0 Å². The molecule has 3 aromatic rings. The van der Waals surface area contributed by atoms with Crippen LogP contribution in [-0.2, 0) is 6.42 Å². The van der Waals surface area contributed by atoms with E-state index in [-0.39, 0.29) is 0 Å². The molecule has 1 aromatic carbocycles. The second kappa shape index (κ2) is 4.84. The van der Waals surface area contributed by atoms with E-state index in [4.69, 9.17) is 0 Å². The van der Waals surface area contributed by atoms with Crippen molar-refractivity contribution in [1.29, 1.82) is 0 Å². The molecular formula is C14H12N2OS. The molecule has 2 heterocycles. The van der Waals surface area contributed by atoms with Crippen molar-refractivity contribution in [2.75, 3.05) is 0 Å². The molecule has 0 radical (unpaired) electrons. The van der Waals surface area contributed by atoms with Crippen LogP contribution in [0.5, 0.6) is 0 Å². The summed E-state index contributed by atoms with van der Waals surface area (Å²) in [5.41, 5.74) is 4.29. The molecule has 0 saturated carbocycles. The van der Waals surface area contributed by atoms with Crippen molar-refractivity contribution < 1.29 is 5.11 Å². The highest BCUT2D eigenvalue weighted by Gasteiger charge is 2.11. The third-order valence-corrected chi connectivity index (χ3v) is 3.46. The summed E-state index contributed by atoms with van der Waals surface area (Å²) in [6.45, 7) is 0. The Kier molecular flexibility index (Phi) is 3.04. The van der Waals surface area contributed by atoms with E-state index in [0.29, 0.717) is 6.42 Å². The van der Waals surface area contributed by atoms with Crippen molar-refractivity contribution in [3.8, 4) is 0 Å². The van der Waals surface area contributed by atoms with Crippen LogP contribution >= 0.6 is 11.3 Å². The van der Waals surface area contributed by atoms with Gasteiger partial charge in [-0.3, -0.25) is 4.98 Å². The molecule has 18 heavy (non-hydrogen) atoms. The Bertz CT molecular complexity index is 652. The van der Waals surface area contributed by atoms with Crippen LogP contribution in [0.25, 0.3) is 10.9 Å². The standard InChI is InChI=1S/C14H12N2OS/c17-14(13-8-18-9-15-13)7-11-6-5-10-3-1-2-4-12(10)16-11/h1-6,8-9,14,17H,7H2. The van der Waals surface area contributed by atoms with Gasteiger partial charge in [0.1, 0.15) is 6.10 Å². The van der Waals surface area contributed by atoms with E-state index in [9.17, 15) is 5.11 Å². The van der Waals surface area contributed by atoms with Crippen LogP contribution in [0.15, 0.2) is 47.3 Å². The van der Waals surface area contributed by atoms with Gasteiger partial charge in [-0.1, -0.05) is 24.3 Å². The lowest BCUT2D eigenvalue weighted by Crippen LogP contribution is -2.03. The minimum Gasteiger partial charge on any atom is -0.386 e. The zero-order valence-corrected chi connectivity index (χ0v) is 10.5. The Morgan fingerprint density at radius 3 is 2.89 bits per heavy atom. The number of hydrogen-bond acceptors (Lipinski definition) is 4. The summed E-state index contributed by atoms with van der Waals surface area (Å²) in [5, 5.41) is 13.0. The first-order valence-electron chi connectivity index (χ1n) is 5.74. The van der Waals surface area contributed by atoms with E-state index < -0.39 is 6.10 Å². The molecule has 0 fully saturated rings. The highest BCUT2D eigenvalue weighted by Crippen LogP contribution is 2.19. The van der Waals surface area contributed by atoms with Crippen LogP contribution in [0.4, 0.5) is 0 Å². The fourth-order valence-corrected chi connectivity index (χ4v) is 2.51. The monoisotopic (exact) mass is 256 g/mol. The summed E-state index contributed by atoms with van der Waals surface area (Å²) in [6, 6.07) is 12.0. The summed E-state index contributed by atoms with van der Waals surface area (Å²) in [6.07, 6.45) is -0.0842. The Labute approximate surface area is 109 Å². The lowest BCUT2D eigenvalue weighted by atomic mass is 10.1. The number of nitrogens with zero attached hydrogens (tertiary/aromatic N) is 2. The van der Waals surface area contributed by atoms with E-state index in [0.717, 1.165) is 22.3 Å². The molecule has 4 heteroatoms. The van der Waals surface area contributed by atoms with Gasteiger partial charge in [-0.15, -0.1) is 11.3 Å². The Morgan fingerprint density at radius 2 is 2.06 bits per heavy atom. The number of para-hydroxylation sites is 1. The van der Waals surface area contributed by atoms with Gasteiger partial charge in [0.05, 0.1) is 16.7 Å². The minimum absolute atomic E-state index is 0.495. The summed E-state index contributed by atoms with van der Waals surface area (Å²) in [7, 11) is 0. The zero-order valence-electron chi connectivity index (χ0n) is 9.65. The number of hydrogen-bond donors (Lipinski definition) is 1. The molecule has 90 valence electrons. The number of fused-ring (bicyclic) bond motifs is 1. The zero-order chi connectivity index (χ0) is 12.4. The van der Waals surface area contributed by atoms with E-state index in [1.165, 1.54) is 11.3 Å². The van der Waals surface area contributed by atoms with Crippen LogP contribution < -0.4 is 0 Å². The molecule has 0 spiro atoms. The minimum atomic E-state index is -0.579. The van der Waals surface area contributed by atoms with E-state index in [1.54, 1.807) is 5.51 Å². The maximum atomic E-state index is 10.0. The van der Waals surface area contributed by atoms with Crippen LogP contribution in [0.3, 0.4) is 0 Å². The third kappa shape index (κ3) is 2.25. The number of thiazole rings is 1. The molecule has 1 atom stereocenters. The quantitative estimate of drug-likeness (QED) is 0.783. The second-order valence-electron chi connectivity index (χ2n) is 4.13. The SMILES string of the molecule is OC(Cc1ccc2ccccc2n1)c1cscn1. The van der Waals surface area contributed by atoms with Gasteiger partial charge in [0, 0.05) is 22.9 Å². The highest BCUT2D eigenvalue weighted by atomic mass is 32.1. The average molecular weight is 256 g/mol. The molecule has 0 aliphatic rings. The van der Waals surface area contributed by atoms with E-state index >= 15 is 0 Å². The molecule has 0 saturated heterocycles. The molecule has 1 N–H and O–H groups in total. The first kappa shape index (κ1) is 11.3. The van der Waals surface area contributed by atoms with E-state index in [2.05, 4.69) is 9.97 Å². The van der Waals surface area contributed by atoms with Crippen molar-refractivity contribution in [3.05, 3.63) is 58.7 Å². The molecule has 0 aliphatic carbocycles. The number of aromatic nitrogens is 2. The van der Waals surface area contributed by atoms with Gasteiger partial charge in [0.15, 0.2) is 0 Å². The van der Waals surface area contributed by atoms with Crippen molar-refractivity contribution in [3.63, 3.8) is 0 Å². The topological polar surface area (TPSA) is 46.0 Å². The second-order valence-corrected chi connectivity index (χ2v) is 4.85.